The first-order chi connectivity index (χ1) is 9.28. The summed E-state index contributed by atoms with van der Waals surface area (Å²) < 4.78 is 7.52. The van der Waals surface area contributed by atoms with Crippen LogP contribution in [0.25, 0.3) is 11.0 Å². The van der Waals surface area contributed by atoms with Crippen molar-refractivity contribution in [3.63, 3.8) is 0 Å². The van der Waals surface area contributed by atoms with E-state index in [4.69, 9.17) is 27.6 Å². The molecule has 0 saturated carbocycles. The predicted molar refractivity (Wildman–Crippen MR) is 77.0 cm³/mol. The quantitative estimate of drug-likeness (QED) is 0.678. The van der Waals surface area contributed by atoms with Crippen LogP contribution in [0.15, 0.2) is 41.0 Å². The van der Waals surface area contributed by atoms with Crippen LogP contribution in [-0.4, -0.2) is 15.4 Å². The lowest BCUT2D eigenvalue weighted by molar-refractivity contribution is 0.492. The zero-order chi connectivity index (χ0) is 13.2. The molecule has 2 heterocycles. The molecule has 3 rings (SSSR count). The lowest BCUT2D eigenvalue weighted by atomic mass is 10.3. The van der Waals surface area contributed by atoms with Gasteiger partial charge in [-0.05, 0) is 30.3 Å². The van der Waals surface area contributed by atoms with Gasteiger partial charge in [0, 0.05) is 17.3 Å². The number of halogens is 2. The van der Waals surface area contributed by atoms with Crippen LogP contribution in [0.2, 0.25) is 5.02 Å². The topological polar surface area (TPSA) is 31.0 Å². The second-order valence-electron chi connectivity index (χ2n) is 4.27. The highest BCUT2D eigenvalue weighted by molar-refractivity contribution is 6.31. The fourth-order valence-electron chi connectivity index (χ4n) is 2.16. The van der Waals surface area contributed by atoms with Crippen molar-refractivity contribution in [3.05, 3.63) is 53.2 Å². The molecule has 0 fully saturated rings. The van der Waals surface area contributed by atoms with E-state index in [9.17, 15) is 0 Å². The molecule has 2 aromatic heterocycles. The summed E-state index contributed by atoms with van der Waals surface area (Å²) in [6, 6.07) is 9.55. The fraction of sp³-hybridized carbons (Fsp3) is 0.214. The molecule has 5 heteroatoms. The van der Waals surface area contributed by atoms with E-state index in [0.717, 1.165) is 22.6 Å². The number of nitrogens with zero attached hydrogens (tertiary/aromatic N) is 2. The number of hydrogen-bond donors (Lipinski definition) is 0. The molecule has 98 valence electrons. The van der Waals surface area contributed by atoms with Gasteiger partial charge in [-0.15, -0.1) is 11.6 Å². The Labute approximate surface area is 120 Å². The molecule has 0 aliphatic heterocycles. The van der Waals surface area contributed by atoms with Crippen molar-refractivity contribution in [1.82, 2.24) is 9.55 Å². The molecule has 0 atom stereocenters. The Hall–Kier alpha value is -1.45. The largest absolute Gasteiger partial charge is 0.467 e. The zero-order valence-electron chi connectivity index (χ0n) is 10.1. The lowest BCUT2D eigenvalue weighted by Gasteiger charge is -2.06. The number of furan rings is 1. The van der Waals surface area contributed by atoms with Crippen LogP contribution < -0.4 is 0 Å². The molecule has 0 spiro atoms. The predicted octanol–water partition coefficient (Wildman–Crippen LogP) is 4.11. The summed E-state index contributed by atoms with van der Waals surface area (Å²) in [7, 11) is 0. The van der Waals surface area contributed by atoms with Gasteiger partial charge in [0.05, 0.1) is 23.8 Å². The number of rotatable bonds is 4. The average molecular weight is 295 g/mol. The summed E-state index contributed by atoms with van der Waals surface area (Å²) >= 11 is 11.9. The third-order valence-electron chi connectivity index (χ3n) is 3.00. The molecule has 0 saturated heterocycles. The van der Waals surface area contributed by atoms with Crippen molar-refractivity contribution in [2.24, 2.45) is 0 Å². The van der Waals surface area contributed by atoms with Crippen molar-refractivity contribution >= 4 is 34.2 Å². The normalized spacial score (nSPS) is 11.3. The second kappa shape index (κ2) is 5.27. The molecule has 0 N–H and O–H groups in total. The first-order valence-electron chi connectivity index (χ1n) is 6.01. The van der Waals surface area contributed by atoms with Gasteiger partial charge in [-0.1, -0.05) is 11.6 Å². The highest BCUT2D eigenvalue weighted by atomic mass is 35.5. The lowest BCUT2D eigenvalue weighted by Crippen LogP contribution is -2.05. The molecular formula is C14H12Cl2N2O. The van der Waals surface area contributed by atoms with Crippen molar-refractivity contribution in [1.29, 1.82) is 0 Å². The minimum absolute atomic E-state index is 0.537. The number of fused-ring (bicyclic) bond motifs is 1. The van der Waals surface area contributed by atoms with Crippen molar-refractivity contribution in [3.8, 4) is 0 Å². The molecular weight excluding hydrogens is 283 g/mol. The van der Waals surface area contributed by atoms with Gasteiger partial charge in [0.2, 0.25) is 0 Å². The summed E-state index contributed by atoms with van der Waals surface area (Å²) in [6.45, 7) is 0.650. The molecule has 0 radical (unpaired) electrons. The summed E-state index contributed by atoms with van der Waals surface area (Å²) in [5, 5.41) is 0.688. The highest BCUT2D eigenvalue weighted by Crippen LogP contribution is 2.22. The highest BCUT2D eigenvalue weighted by Gasteiger charge is 2.12. The van der Waals surface area contributed by atoms with Crippen LogP contribution in [0.3, 0.4) is 0 Å². The van der Waals surface area contributed by atoms with E-state index in [2.05, 4.69) is 9.55 Å². The van der Waals surface area contributed by atoms with Crippen molar-refractivity contribution in [2.75, 3.05) is 5.88 Å². The van der Waals surface area contributed by atoms with Gasteiger partial charge in [-0.2, -0.15) is 0 Å². The van der Waals surface area contributed by atoms with E-state index in [1.807, 2.05) is 30.3 Å². The van der Waals surface area contributed by atoms with Gasteiger partial charge >= 0.3 is 0 Å². The van der Waals surface area contributed by atoms with E-state index in [0.29, 0.717) is 23.9 Å². The summed E-state index contributed by atoms with van der Waals surface area (Å²) in [5.74, 6) is 2.38. The van der Waals surface area contributed by atoms with E-state index in [1.54, 1.807) is 6.26 Å². The molecule has 3 aromatic rings. The number of aryl methyl sites for hydroxylation is 1. The Bertz CT molecular complexity index is 689. The zero-order valence-corrected chi connectivity index (χ0v) is 11.7. The Balaban J connectivity index is 2.10. The van der Waals surface area contributed by atoms with Crippen LogP contribution in [-0.2, 0) is 13.0 Å². The molecule has 19 heavy (non-hydrogen) atoms. The van der Waals surface area contributed by atoms with E-state index < -0.39 is 0 Å². The third kappa shape index (κ3) is 2.48. The molecule has 0 aliphatic carbocycles. The molecule has 0 bridgehead atoms. The number of imidazole rings is 1. The van der Waals surface area contributed by atoms with Crippen molar-refractivity contribution in [2.45, 2.75) is 13.0 Å². The summed E-state index contributed by atoms with van der Waals surface area (Å²) in [5.41, 5.74) is 1.93. The maximum absolute atomic E-state index is 6.01. The Morgan fingerprint density at radius 2 is 2.16 bits per heavy atom. The third-order valence-corrected chi connectivity index (χ3v) is 3.43. The van der Waals surface area contributed by atoms with Gasteiger partial charge in [0.15, 0.2) is 0 Å². The van der Waals surface area contributed by atoms with Crippen LogP contribution in [0.5, 0.6) is 0 Å². The van der Waals surface area contributed by atoms with Crippen LogP contribution in [0.1, 0.15) is 11.6 Å². The van der Waals surface area contributed by atoms with Gasteiger partial charge in [-0.25, -0.2) is 4.98 Å². The SMILES string of the molecule is ClCCc1nc2cc(Cl)ccc2n1Cc1ccco1. The Morgan fingerprint density at radius 3 is 2.89 bits per heavy atom. The minimum Gasteiger partial charge on any atom is -0.467 e. The number of hydrogen-bond acceptors (Lipinski definition) is 2. The maximum Gasteiger partial charge on any atom is 0.123 e. The summed E-state index contributed by atoms with van der Waals surface area (Å²) in [4.78, 5) is 4.60. The number of alkyl halides is 1. The van der Waals surface area contributed by atoms with Gasteiger partial charge in [-0.3, -0.25) is 0 Å². The first-order valence-corrected chi connectivity index (χ1v) is 6.92. The van der Waals surface area contributed by atoms with Crippen LogP contribution in [0.4, 0.5) is 0 Å². The van der Waals surface area contributed by atoms with Gasteiger partial charge in [0.25, 0.3) is 0 Å². The van der Waals surface area contributed by atoms with Gasteiger partial charge < -0.3 is 8.98 Å². The fourth-order valence-corrected chi connectivity index (χ4v) is 2.50. The molecule has 0 unspecified atom stereocenters. The first kappa shape index (κ1) is 12.6. The minimum atomic E-state index is 0.537. The van der Waals surface area contributed by atoms with Crippen molar-refractivity contribution < 1.29 is 4.42 Å². The second-order valence-corrected chi connectivity index (χ2v) is 5.08. The van der Waals surface area contributed by atoms with E-state index in [1.165, 1.54) is 0 Å². The smallest absolute Gasteiger partial charge is 0.123 e. The van der Waals surface area contributed by atoms with Gasteiger partial charge in [0.1, 0.15) is 11.6 Å². The summed E-state index contributed by atoms with van der Waals surface area (Å²) in [6.07, 6.45) is 2.39. The molecule has 3 nitrogen and oxygen atoms in total. The van der Waals surface area contributed by atoms with Crippen LogP contribution >= 0.6 is 23.2 Å². The Morgan fingerprint density at radius 1 is 1.26 bits per heavy atom. The Kier molecular flexibility index (Phi) is 3.49. The number of aromatic nitrogens is 2. The monoisotopic (exact) mass is 294 g/mol. The maximum atomic E-state index is 6.01. The van der Waals surface area contributed by atoms with E-state index >= 15 is 0 Å². The molecule has 1 aromatic carbocycles. The molecule has 0 amide bonds. The standard InChI is InChI=1S/C14H12Cl2N2O/c15-6-5-14-17-12-8-10(16)3-4-13(12)18(14)9-11-2-1-7-19-11/h1-4,7-8H,5-6,9H2. The molecule has 0 aliphatic rings. The average Bonchev–Trinajstić information content (AvgIpc) is 2.99. The van der Waals surface area contributed by atoms with Crippen LogP contribution in [0, 0.1) is 0 Å². The van der Waals surface area contributed by atoms with E-state index in [-0.39, 0.29) is 0 Å². The number of benzene rings is 1.